The van der Waals surface area contributed by atoms with E-state index in [4.69, 9.17) is 4.74 Å². The van der Waals surface area contributed by atoms with Crippen LogP contribution in [0.15, 0.2) is 47.4 Å². The molecular weight excluding hydrogens is 340 g/mol. The van der Waals surface area contributed by atoms with E-state index in [9.17, 15) is 13.2 Å². The predicted octanol–water partition coefficient (Wildman–Crippen LogP) is 3.58. The summed E-state index contributed by atoms with van der Waals surface area (Å²) in [7, 11) is -0.954. The Kier molecular flexibility index (Phi) is 4.20. The van der Waals surface area contributed by atoms with Gasteiger partial charge >= 0.3 is 6.03 Å². The van der Waals surface area contributed by atoms with Gasteiger partial charge in [-0.3, -0.25) is 4.90 Å². The lowest BCUT2D eigenvalue weighted by molar-refractivity contribution is 0.255. The van der Waals surface area contributed by atoms with Crippen molar-refractivity contribution in [3.05, 3.63) is 48.0 Å². The molecule has 6 nitrogen and oxygen atoms in total. The highest BCUT2D eigenvalue weighted by Crippen LogP contribution is 2.38. The van der Waals surface area contributed by atoms with Crippen molar-refractivity contribution in [2.75, 3.05) is 23.4 Å². The SMILES string of the molecule is COc1ccc2c(c1)N(C)C(=O)N(c1ccc(C(C)C)cc1)S2(=O)=O. The van der Waals surface area contributed by atoms with Gasteiger partial charge in [-0.25, -0.2) is 13.2 Å². The molecular formula is C18H20N2O4S. The molecule has 0 N–H and O–H groups in total. The Hall–Kier alpha value is -2.54. The molecule has 0 radical (unpaired) electrons. The summed E-state index contributed by atoms with van der Waals surface area (Å²) in [5.74, 6) is 0.807. The van der Waals surface area contributed by atoms with Gasteiger partial charge in [0.05, 0.1) is 18.5 Å². The molecule has 0 aromatic heterocycles. The molecule has 1 aliphatic heterocycles. The quantitative estimate of drug-likeness (QED) is 0.839. The van der Waals surface area contributed by atoms with Crippen LogP contribution in [-0.4, -0.2) is 28.6 Å². The summed E-state index contributed by atoms with van der Waals surface area (Å²) in [6.07, 6.45) is 0. The minimum Gasteiger partial charge on any atom is -0.497 e. The maximum Gasteiger partial charge on any atom is 0.342 e. The summed E-state index contributed by atoms with van der Waals surface area (Å²) < 4.78 is 32.0. The second-order valence-corrected chi connectivity index (χ2v) is 7.95. The van der Waals surface area contributed by atoms with Crippen molar-refractivity contribution in [2.45, 2.75) is 24.7 Å². The third-order valence-electron chi connectivity index (χ3n) is 4.30. The molecule has 1 aliphatic rings. The number of sulfonamides is 1. The number of ether oxygens (including phenoxy) is 1. The molecule has 132 valence electrons. The van der Waals surface area contributed by atoms with Gasteiger partial charge in [0.1, 0.15) is 10.6 Å². The van der Waals surface area contributed by atoms with E-state index < -0.39 is 16.1 Å². The van der Waals surface area contributed by atoms with Gasteiger partial charge in [0, 0.05) is 13.1 Å². The molecule has 3 rings (SSSR count). The molecule has 2 amide bonds. The van der Waals surface area contributed by atoms with Gasteiger partial charge in [-0.05, 0) is 35.7 Å². The largest absolute Gasteiger partial charge is 0.497 e. The van der Waals surface area contributed by atoms with Crippen LogP contribution in [0.4, 0.5) is 16.2 Å². The zero-order valence-corrected chi connectivity index (χ0v) is 15.4. The number of hydrogen-bond donors (Lipinski definition) is 0. The predicted molar refractivity (Wildman–Crippen MR) is 97.0 cm³/mol. The van der Waals surface area contributed by atoms with Crippen LogP contribution in [0.1, 0.15) is 25.3 Å². The second kappa shape index (κ2) is 6.07. The Balaban J connectivity index is 2.14. The third-order valence-corrected chi connectivity index (χ3v) is 6.05. The molecule has 25 heavy (non-hydrogen) atoms. The van der Waals surface area contributed by atoms with Crippen LogP contribution in [-0.2, 0) is 10.0 Å². The number of anilines is 2. The van der Waals surface area contributed by atoms with Crippen molar-refractivity contribution in [2.24, 2.45) is 0 Å². The van der Waals surface area contributed by atoms with Crippen LogP contribution in [0.5, 0.6) is 5.75 Å². The Labute approximate surface area is 147 Å². The van der Waals surface area contributed by atoms with Crippen LogP contribution in [0.2, 0.25) is 0 Å². The minimum absolute atomic E-state index is 0.0725. The van der Waals surface area contributed by atoms with Crippen molar-refractivity contribution in [3.63, 3.8) is 0 Å². The summed E-state index contributed by atoms with van der Waals surface area (Å²) in [5.41, 5.74) is 1.70. The van der Waals surface area contributed by atoms with E-state index in [0.29, 0.717) is 23.0 Å². The molecule has 0 atom stereocenters. The van der Waals surface area contributed by atoms with E-state index in [0.717, 1.165) is 9.87 Å². The molecule has 1 heterocycles. The summed E-state index contributed by atoms with van der Waals surface area (Å²) in [6.45, 7) is 4.10. The first kappa shape index (κ1) is 17.3. The number of benzene rings is 2. The highest BCUT2D eigenvalue weighted by atomic mass is 32.2. The first-order chi connectivity index (χ1) is 11.8. The first-order valence-electron chi connectivity index (χ1n) is 7.88. The van der Waals surface area contributed by atoms with E-state index in [2.05, 4.69) is 13.8 Å². The smallest absolute Gasteiger partial charge is 0.342 e. The normalized spacial score (nSPS) is 16.1. The summed E-state index contributed by atoms with van der Waals surface area (Å²) in [4.78, 5) is 14.1. The maximum absolute atomic E-state index is 13.0. The molecule has 2 aromatic rings. The van der Waals surface area contributed by atoms with Gasteiger partial charge < -0.3 is 4.74 Å². The van der Waals surface area contributed by atoms with E-state index in [1.165, 1.54) is 18.1 Å². The zero-order chi connectivity index (χ0) is 18.4. The lowest BCUT2D eigenvalue weighted by Crippen LogP contribution is -2.49. The molecule has 0 aliphatic carbocycles. The van der Waals surface area contributed by atoms with Crippen molar-refractivity contribution >= 4 is 27.4 Å². The highest BCUT2D eigenvalue weighted by molar-refractivity contribution is 7.94. The Morgan fingerprint density at radius 2 is 1.68 bits per heavy atom. The fraction of sp³-hybridized carbons (Fsp3) is 0.278. The lowest BCUT2D eigenvalue weighted by atomic mass is 10.0. The molecule has 7 heteroatoms. The molecule has 0 saturated heterocycles. The number of carbonyl (C=O) groups excluding carboxylic acids is 1. The maximum atomic E-state index is 13.0. The highest BCUT2D eigenvalue weighted by Gasteiger charge is 2.41. The molecule has 0 saturated carbocycles. The molecule has 2 aromatic carbocycles. The third kappa shape index (κ3) is 2.74. The van der Waals surface area contributed by atoms with Gasteiger partial charge in [0.15, 0.2) is 0 Å². The number of urea groups is 1. The van der Waals surface area contributed by atoms with Crippen LogP contribution in [0.3, 0.4) is 0 Å². The van der Waals surface area contributed by atoms with E-state index in [-0.39, 0.29) is 4.90 Å². The van der Waals surface area contributed by atoms with Crippen molar-refractivity contribution in [1.29, 1.82) is 0 Å². The molecule has 0 unspecified atom stereocenters. The van der Waals surface area contributed by atoms with Crippen LogP contribution in [0, 0.1) is 0 Å². The molecule has 0 bridgehead atoms. The zero-order valence-electron chi connectivity index (χ0n) is 14.6. The van der Waals surface area contributed by atoms with Crippen molar-refractivity contribution < 1.29 is 17.9 Å². The van der Waals surface area contributed by atoms with E-state index >= 15 is 0 Å². The average molecular weight is 360 g/mol. The van der Waals surface area contributed by atoms with Crippen molar-refractivity contribution in [3.8, 4) is 5.75 Å². The second-order valence-electron chi connectivity index (χ2n) is 6.19. The monoisotopic (exact) mass is 360 g/mol. The van der Waals surface area contributed by atoms with Crippen LogP contribution in [0.25, 0.3) is 0 Å². The number of rotatable bonds is 3. The summed E-state index contributed by atoms with van der Waals surface area (Å²) >= 11 is 0. The number of nitrogens with zero attached hydrogens (tertiary/aromatic N) is 2. The van der Waals surface area contributed by atoms with Gasteiger partial charge in [0.25, 0.3) is 10.0 Å². The van der Waals surface area contributed by atoms with E-state index in [1.54, 1.807) is 31.3 Å². The number of methoxy groups -OCH3 is 1. The number of amides is 2. The van der Waals surface area contributed by atoms with Crippen LogP contribution >= 0.6 is 0 Å². The number of carbonyl (C=O) groups is 1. The standard InChI is InChI=1S/C18H20N2O4S/c1-12(2)13-5-7-14(8-6-13)20-18(21)19(3)16-11-15(24-4)9-10-17(16)25(20,22)23/h5-12H,1-4H3. The van der Waals surface area contributed by atoms with Gasteiger partial charge in [-0.15, -0.1) is 0 Å². The lowest BCUT2D eigenvalue weighted by Gasteiger charge is -2.34. The average Bonchev–Trinajstić information content (AvgIpc) is 2.59. The Morgan fingerprint density at radius 1 is 1.04 bits per heavy atom. The Morgan fingerprint density at radius 3 is 2.24 bits per heavy atom. The van der Waals surface area contributed by atoms with E-state index in [1.807, 2.05) is 12.1 Å². The Bertz CT molecular complexity index is 921. The minimum atomic E-state index is -3.99. The molecule has 0 fully saturated rings. The van der Waals surface area contributed by atoms with Gasteiger partial charge in [-0.1, -0.05) is 26.0 Å². The fourth-order valence-electron chi connectivity index (χ4n) is 2.79. The summed E-state index contributed by atoms with van der Waals surface area (Å²) in [6, 6.07) is 10.9. The number of fused-ring (bicyclic) bond motifs is 1. The summed E-state index contributed by atoms with van der Waals surface area (Å²) in [5, 5.41) is 0. The van der Waals surface area contributed by atoms with Gasteiger partial charge in [-0.2, -0.15) is 4.31 Å². The topological polar surface area (TPSA) is 66.9 Å². The number of hydrogen-bond acceptors (Lipinski definition) is 4. The fourth-order valence-corrected chi connectivity index (χ4v) is 4.41. The van der Waals surface area contributed by atoms with Gasteiger partial charge in [0.2, 0.25) is 0 Å². The molecule has 0 spiro atoms. The first-order valence-corrected chi connectivity index (χ1v) is 9.32. The van der Waals surface area contributed by atoms with Crippen LogP contribution < -0.4 is 13.9 Å². The van der Waals surface area contributed by atoms with Crippen molar-refractivity contribution in [1.82, 2.24) is 0 Å².